The molecule has 150 valence electrons. The number of ether oxygens (including phenoxy) is 1. The van der Waals surface area contributed by atoms with Gasteiger partial charge in [0.05, 0.1) is 11.2 Å². The predicted octanol–water partition coefficient (Wildman–Crippen LogP) is 4.26. The Bertz CT molecular complexity index is 1140. The number of anilines is 1. The molecule has 1 saturated heterocycles. The molecule has 29 heavy (non-hydrogen) atoms. The molecule has 6 nitrogen and oxygen atoms in total. The van der Waals surface area contributed by atoms with Gasteiger partial charge < -0.3 is 14.5 Å². The van der Waals surface area contributed by atoms with Gasteiger partial charge in [0.2, 0.25) is 0 Å². The first-order valence-electron chi connectivity index (χ1n) is 9.84. The maximum absolute atomic E-state index is 13.0. The van der Waals surface area contributed by atoms with E-state index in [1.165, 1.54) is 0 Å². The maximum atomic E-state index is 13.0. The largest absolute Gasteiger partial charge is 0.427 e. The van der Waals surface area contributed by atoms with Crippen molar-refractivity contribution in [2.24, 2.45) is 0 Å². The van der Waals surface area contributed by atoms with Crippen LogP contribution in [-0.4, -0.2) is 24.1 Å². The van der Waals surface area contributed by atoms with Crippen LogP contribution < -0.4 is 10.9 Å². The molecule has 4 rings (SSSR count). The van der Waals surface area contributed by atoms with E-state index < -0.39 is 11.5 Å². The summed E-state index contributed by atoms with van der Waals surface area (Å²) in [5, 5.41) is 3.75. The molecule has 0 aliphatic carbocycles. The van der Waals surface area contributed by atoms with Crippen molar-refractivity contribution in [1.29, 1.82) is 0 Å². The molecule has 1 fully saturated rings. The van der Waals surface area contributed by atoms with Crippen LogP contribution >= 0.6 is 0 Å². The van der Waals surface area contributed by atoms with Crippen LogP contribution in [0.2, 0.25) is 0 Å². The molecule has 0 bridgehead atoms. The molecule has 0 saturated carbocycles. The number of aryl methyl sites for hydroxylation is 3. The lowest BCUT2D eigenvalue weighted by Gasteiger charge is -2.21. The van der Waals surface area contributed by atoms with E-state index in [0.29, 0.717) is 30.2 Å². The van der Waals surface area contributed by atoms with Crippen LogP contribution in [0.5, 0.6) is 0 Å². The van der Waals surface area contributed by atoms with Crippen molar-refractivity contribution in [1.82, 2.24) is 4.98 Å². The number of carbonyl (C=O) groups is 1. The Morgan fingerprint density at radius 2 is 1.83 bits per heavy atom. The van der Waals surface area contributed by atoms with E-state index in [1.807, 2.05) is 44.2 Å². The van der Waals surface area contributed by atoms with Gasteiger partial charge in [0.25, 0.3) is 5.91 Å². The first-order valence-corrected chi connectivity index (χ1v) is 9.84. The third-order valence-electron chi connectivity index (χ3n) is 5.48. The van der Waals surface area contributed by atoms with Gasteiger partial charge in [0, 0.05) is 30.2 Å². The zero-order chi connectivity index (χ0) is 20.5. The fraction of sp³-hybridized carbons (Fsp3) is 0.348. The second-order valence-corrected chi connectivity index (χ2v) is 7.61. The van der Waals surface area contributed by atoms with E-state index in [4.69, 9.17) is 9.15 Å². The minimum atomic E-state index is -0.601. The van der Waals surface area contributed by atoms with Crippen molar-refractivity contribution < 1.29 is 13.9 Å². The lowest BCUT2D eigenvalue weighted by atomic mass is 9.95. The average molecular weight is 392 g/mol. The van der Waals surface area contributed by atoms with Gasteiger partial charge in [0.1, 0.15) is 11.3 Å². The number of pyridine rings is 1. The summed E-state index contributed by atoms with van der Waals surface area (Å²) in [6.45, 7) is 6.92. The Labute approximate surface area is 168 Å². The molecular formula is C23H24N2O4. The molecule has 0 unspecified atom stereocenters. The van der Waals surface area contributed by atoms with Gasteiger partial charge >= 0.3 is 5.63 Å². The van der Waals surface area contributed by atoms with Gasteiger partial charge in [-0.05, 0) is 69.0 Å². The minimum Gasteiger partial charge on any atom is -0.427 e. The van der Waals surface area contributed by atoms with Gasteiger partial charge in [-0.3, -0.25) is 9.78 Å². The number of nitrogens with zero attached hydrogens (tertiary/aromatic N) is 1. The highest BCUT2D eigenvalue weighted by atomic mass is 16.5. The Morgan fingerprint density at radius 1 is 1.07 bits per heavy atom. The minimum absolute atomic E-state index is 0.0392. The first-order chi connectivity index (χ1) is 13.9. The molecule has 1 aromatic carbocycles. The molecule has 6 heteroatoms. The smallest absolute Gasteiger partial charge is 0.349 e. The van der Waals surface area contributed by atoms with Gasteiger partial charge in [-0.1, -0.05) is 6.07 Å². The van der Waals surface area contributed by atoms with E-state index in [1.54, 1.807) is 6.92 Å². The Kier molecular flexibility index (Phi) is 5.20. The van der Waals surface area contributed by atoms with Gasteiger partial charge in [-0.2, -0.15) is 0 Å². The molecule has 3 aromatic rings. The number of benzene rings is 1. The van der Waals surface area contributed by atoms with Gasteiger partial charge in [-0.15, -0.1) is 0 Å². The summed E-state index contributed by atoms with van der Waals surface area (Å²) in [7, 11) is 0. The topological polar surface area (TPSA) is 81.4 Å². The van der Waals surface area contributed by atoms with Crippen molar-refractivity contribution in [2.75, 3.05) is 18.5 Å². The van der Waals surface area contributed by atoms with Crippen LogP contribution in [-0.2, 0) is 4.74 Å². The fourth-order valence-corrected chi connectivity index (χ4v) is 3.85. The maximum Gasteiger partial charge on any atom is 0.349 e. The summed E-state index contributed by atoms with van der Waals surface area (Å²) in [5.74, 6) is 0.321. The molecule has 0 atom stereocenters. The van der Waals surface area contributed by atoms with Crippen LogP contribution in [0.1, 0.15) is 51.7 Å². The van der Waals surface area contributed by atoms with E-state index in [2.05, 4.69) is 10.3 Å². The SMILES string of the molecule is Cc1ccc2c(NC(=O)c3c(C)cc(C4CCOCC4)oc3=O)c(C)ccc2n1. The molecule has 1 amide bonds. The molecule has 2 aromatic heterocycles. The summed E-state index contributed by atoms with van der Waals surface area (Å²) in [5.41, 5.74) is 3.31. The number of hydrogen-bond donors (Lipinski definition) is 1. The summed E-state index contributed by atoms with van der Waals surface area (Å²) in [4.78, 5) is 30.2. The van der Waals surface area contributed by atoms with Gasteiger partial charge in [0.15, 0.2) is 0 Å². The number of nitrogens with one attached hydrogen (secondary N) is 1. The third kappa shape index (κ3) is 3.80. The predicted molar refractivity (Wildman–Crippen MR) is 112 cm³/mol. The Balaban J connectivity index is 1.68. The second-order valence-electron chi connectivity index (χ2n) is 7.61. The van der Waals surface area contributed by atoms with Crippen molar-refractivity contribution in [3.05, 3.63) is 68.9 Å². The zero-order valence-corrected chi connectivity index (χ0v) is 16.9. The molecule has 1 aliphatic rings. The molecule has 0 spiro atoms. The number of carbonyl (C=O) groups excluding carboxylic acids is 1. The lowest BCUT2D eigenvalue weighted by Crippen LogP contribution is -2.24. The summed E-state index contributed by atoms with van der Waals surface area (Å²) >= 11 is 0. The lowest BCUT2D eigenvalue weighted by molar-refractivity contribution is 0.0796. The number of amides is 1. The highest BCUT2D eigenvalue weighted by Gasteiger charge is 2.23. The molecule has 1 aliphatic heterocycles. The number of rotatable bonds is 3. The quantitative estimate of drug-likeness (QED) is 0.720. The third-order valence-corrected chi connectivity index (χ3v) is 5.48. The number of hydrogen-bond acceptors (Lipinski definition) is 5. The molecule has 1 N–H and O–H groups in total. The second kappa shape index (κ2) is 7.79. The highest BCUT2D eigenvalue weighted by Crippen LogP contribution is 2.29. The standard InChI is InChI=1S/C23H24N2O4/c1-13-4-7-18-17(6-5-15(3)24-18)21(13)25-22(26)20-14(2)12-19(29-23(20)27)16-8-10-28-11-9-16/h4-7,12,16H,8-11H2,1-3H3,(H,25,26). The number of fused-ring (bicyclic) bond motifs is 1. The van der Waals surface area contributed by atoms with Crippen LogP contribution in [0.4, 0.5) is 5.69 Å². The average Bonchev–Trinajstić information content (AvgIpc) is 2.70. The van der Waals surface area contributed by atoms with E-state index >= 15 is 0 Å². The van der Waals surface area contributed by atoms with E-state index in [9.17, 15) is 9.59 Å². The normalized spacial score (nSPS) is 14.9. The fourth-order valence-electron chi connectivity index (χ4n) is 3.85. The van der Waals surface area contributed by atoms with Crippen LogP contribution in [0.15, 0.2) is 39.5 Å². The van der Waals surface area contributed by atoms with Crippen molar-refractivity contribution in [3.8, 4) is 0 Å². The Morgan fingerprint density at radius 3 is 2.55 bits per heavy atom. The first kappa shape index (κ1) is 19.3. The summed E-state index contributed by atoms with van der Waals surface area (Å²) in [6.07, 6.45) is 1.63. The number of aromatic nitrogens is 1. The molecular weight excluding hydrogens is 368 g/mol. The Hall–Kier alpha value is -2.99. The summed E-state index contributed by atoms with van der Waals surface area (Å²) < 4.78 is 10.9. The summed E-state index contributed by atoms with van der Waals surface area (Å²) in [6, 6.07) is 9.49. The highest BCUT2D eigenvalue weighted by molar-refractivity contribution is 6.09. The van der Waals surface area contributed by atoms with Crippen molar-refractivity contribution in [2.45, 2.75) is 39.5 Å². The van der Waals surface area contributed by atoms with Crippen molar-refractivity contribution >= 4 is 22.5 Å². The van der Waals surface area contributed by atoms with Crippen LogP contribution in [0.25, 0.3) is 10.9 Å². The monoisotopic (exact) mass is 392 g/mol. The molecule has 0 radical (unpaired) electrons. The van der Waals surface area contributed by atoms with Gasteiger partial charge in [-0.25, -0.2) is 4.79 Å². The van der Waals surface area contributed by atoms with E-state index in [-0.39, 0.29) is 11.5 Å². The van der Waals surface area contributed by atoms with Crippen molar-refractivity contribution in [3.63, 3.8) is 0 Å². The van der Waals surface area contributed by atoms with E-state index in [0.717, 1.165) is 35.0 Å². The zero-order valence-electron chi connectivity index (χ0n) is 16.9. The molecule has 3 heterocycles. The van der Waals surface area contributed by atoms with Crippen LogP contribution in [0.3, 0.4) is 0 Å². The van der Waals surface area contributed by atoms with Crippen LogP contribution in [0, 0.1) is 20.8 Å².